The van der Waals surface area contributed by atoms with Crippen molar-refractivity contribution in [2.75, 3.05) is 18.5 Å². The summed E-state index contributed by atoms with van der Waals surface area (Å²) in [6.07, 6.45) is 0.493. The van der Waals surface area contributed by atoms with Gasteiger partial charge in [-0.25, -0.2) is 4.79 Å². The van der Waals surface area contributed by atoms with Crippen LogP contribution in [0.15, 0.2) is 54.7 Å². The lowest BCUT2D eigenvalue weighted by Gasteiger charge is -2.27. The Kier molecular flexibility index (Phi) is 6.86. The second-order valence-corrected chi connectivity index (χ2v) is 8.52. The van der Waals surface area contributed by atoms with Crippen molar-refractivity contribution in [3.63, 3.8) is 0 Å². The molecule has 1 aromatic heterocycles. The number of amides is 2. The van der Waals surface area contributed by atoms with Gasteiger partial charge in [0.05, 0.1) is 18.3 Å². The smallest absolute Gasteiger partial charge is 0.411 e. The van der Waals surface area contributed by atoms with Crippen molar-refractivity contribution >= 4 is 23.7 Å². The zero-order chi connectivity index (χ0) is 25.1. The van der Waals surface area contributed by atoms with E-state index in [4.69, 9.17) is 9.84 Å². The minimum atomic E-state index is -0.995. The summed E-state index contributed by atoms with van der Waals surface area (Å²) in [5, 5.41) is 15.9. The van der Waals surface area contributed by atoms with E-state index >= 15 is 0 Å². The van der Waals surface area contributed by atoms with Gasteiger partial charge in [-0.15, -0.1) is 0 Å². The van der Waals surface area contributed by atoms with E-state index in [1.54, 1.807) is 20.9 Å². The van der Waals surface area contributed by atoms with Crippen LogP contribution < -0.4 is 5.32 Å². The molecule has 1 heterocycles. The molecule has 1 aliphatic carbocycles. The first-order valence-electron chi connectivity index (χ1n) is 11.5. The highest BCUT2D eigenvalue weighted by molar-refractivity contribution is 6.01. The van der Waals surface area contributed by atoms with Crippen LogP contribution in [0.25, 0.3) is 11.1 Å². The lowest BCUT2D eigenvalue weighted by atomic mass is 9.98. The highest BCUT2D eigenvalue weighted by Gasteiger charge is 2.30. The lowest BCUT2D eigenvalue weighted by molar-refractivity contribution is -0.138. The van der Waals surface area contributed by atoms with Gasteiger partial charge in [-0.3, -0.25) is 19.6 Å². The molecule has 2 amide bonds. The molecule has 1 aliphatic rings. The maximum absolute atomic E-state index is 13.2. The number of anilines is 1. The van der Waals surface area contributed by atoms with Crippen molar-refractivity contribution < 1.29 is 24.2 Å². The molecule has 35 heavy (non-hydrogen) atoms. The molecule has 9 nitrogen and oxygen atoms in total. The summed E-state index contributed by atoms with van der Waals surface area (Å²) in [5.74, 6) is -1.50. The number of aryl methyl sites for hydroxylation is 1. The Morgan fingerprint density at radius 3 is 2.29 bits per heavy atom. The lowest BCUT2D eigenvalue weighted by Crippen LogP contribution is -2.40. The summed E-state index contributed by atoms with van der Waals surface area (Å²) in [6.45, 7) is 3.89. The van der Waals surface area contributed by atoms with Gasteiger partial charge in [-0.1, -0.05) is 48.5 Å². The first kappa shape index (κ1) is 24.0. The molecule has 0 spiro atoms. The highest BCUT2D eigenvalue weighted by Crippen LogP contribution is 2.44. The average molecular weight is 477 g/mol. The fourth-order valence-corrected chi connectivity index (χ4v) is 4.68. The monoisotopic (exact) mass is 476 g/mol. The molecule has 1 atom stereocenters. The first-order chi connectivity index (χ1) is 16.8. The standard InChI is InChI=1S/C26H28N4O5/c1-4-30(16(2)13-23(31)32)25(33)24-22(14-27-29(24)3)28-26(34)35-15-21-19-11-7-5-9-17(19)18-10-6-8-12-20(18)21/h5-12,14,16,21H,4,13,15H2,1-3H3,(H,28,34)(H,31,32). The molecule has 0 aliphatic heterocycles. The third-order valence-corrected chi connectivity index (χ3v) is 6.33. The van der Waals surface area contributed by atoms with Gasteiger partial charge < -0.3 is 14.7 Å². The number of nitrogens with one attached hydrogen (secondary N) is 1. The van der Waals surface area contributed by atoms with Gasteiger partial charge in [0.15, 0.2) is 0 Å². The average Bonchev–Trinajstić information content (AvgIpc) is 3.35. The van der Waals surface area contributed by atoms with Gasteiger partial charge in [0.25, 0.3) is 5.91 Å². The number of nitrogens with zero attached hydrogens (tertiary/aromatic N) is 3. The number of ether oxygens (including phenoxy) is 1. The number of fused-ring (bicyclic) bond motifs is 3. The van der Waals surface area contributed by atoms with Crippen molar-refractivity contribution in [1.29, 1.82) is 0 Å². The van der Waals surface area contributed by atoms with Crippen LogP contribution in [0.1, 0.15) is 47.8 Å². The number of benzene rings is 2. The van der Waals surface area contributed by atoms with E-state index < -0.39 is 24.0 Å². The van der Waals surface area contributed by atoms with Crippen LogP contribution in [0.3, 0.4) is 0 Å². The van der Waals surface area contributed by atoms with Crippen LogP contribution in [0.5, 0.6) is 0 Å². The predicted octanol–water partition coefficient (Wildman–Crippen LogP) is 4.11. The van der Waals surface area contributed by atoms with Gasteiger partial charge in [0.2, 0.25) is 0 Å². The van der Waals surface area contributed by atoms with Gasteiger partial charge in [0, 0.05) is 25.6 Å². The van der Waals surface area contributed by atoms with E-state index in [1.165, 1.54) is 15.8 Å². The third kappa shape index (κ3) is 4.75. The molecule has 2 aromatic carbocycles. The van der Waals surface area contributed by atoms with E-state index in [0.717, 1.165) is 22.3 Å². The Labute approximate surface area is 203 Å². The van der Waals surface area contributed by atoms with Crippen molar-refractivity contribution in [2.24, 2.45) is 7.05 Å². The Morgan fingerprint density at radius 2 is 1.71 bits per heavy atom. The number of carboxylic acids is 1. The van der Waals surface area contributed by atoms with Crippen LogP contribution in [-0.4, -0.2) is 57.0 Å². The molecule has 0 radical (unpaired) electrons. The van der Waals surface area contributed by atoms with Crippen molar-refractivity contribution in [3.8, 4) is 11.1 Å². The molecular weight excluding hydrogens is 448 g/mol. The number of hydrogen-bond donors (Lipinski definition) is 2. The number of aromatic nitrogens is 2. The van der Waals surface area contributed by atoms with E-state index in [9.17, 15) is 14.4 Å². The minimum Gasteiger partial charge on any atom is -0.481 e. The molecule has 3 aromatic rings. The molecule has 182 valence electrons. The molecule has 2 N–H and O–H groups in total. The molecule has 0 fully saturated rings. The van der Waals surface area contributed by atoms with Crippen LogP contribution >= 0.6 is 0 Å². The normalized spacial score (nSPS) is 13.0. The van der Waals surface area contributed by atoms with Crippen molar-refractivity contribution in [3.05, 3.63) is 71.5 Å². The van der Waals surface area contributed by atoms with Crippen molar-refractivity contribution in [1.82, 2.24) is 14.7 Å². The second-order valence-electron chi connectivity index (χ2n) is 8.52. The first-order valence-corrected chi connectivity index (χ1v) is 11.5. The Balaban J connectivity index is 1.48. The van der Waals surface area contributed by atoms with Crippen LogP contribution in [0.4, 0.5) is 10.5 Å². The van der Waals surface area contributed by atoms with E-state index in [-0.39, 0.29) is 30.3 Å². The summed E-state index contributed by atoms with van der Waals surface area (Å²) < 4.78 is 6.94. The van der Waals surface area contributed by atoms with Gasteiger partial charge in [0.1, 0.15) is 12.3 Å². The molecule has 9 heteroatoms. The van der Waals surface area contributed by atoms with Crippen LogP contribution in [-0.2, 0) is 16.6 Å². The summed E-state index contributed by atoms with van der Waals surface area (Å²) >= 11 is 0. The maximum Gasteiger partial charge on any atom is 0.411 e. The zero-order valence-corrected chi connectivity index (χ0v) is 19.9. The second kappa shape index (κ2) is 10.0. The Morgan fingerprint density at radius 1 is 1.11 bits per heavy atom. The Bertz CT molecular complexity index is 1220. The molecule has 4 rings (SSSR count). The van der Waals surface area contributed by atoms with Crippen LogP contribution in [0, 0.1) is 0 Å². The van der Waals surface area contributed by atoms with Gasteiger partial charge in [-0.05, 0) is 36.1 Å². The van der Waals surface area contributed by atoms with E-state index in [1.807, 2.05) is 36.4 Å². The SMILES string of the molecule is CCN(C(=O)c1c(NC(=O)OCC2c3ccccc3-c3ccccc32)cnn1C)C(C)CC(=O)O. The van der Waals surface area contributed by atoms with Crippen molar-refractivity contribution in [2.45, 2.75) is 32.2 Å². The summed E-state index contributed by atoms with van der Waals surface area (Å²) in [7, 11) is 1.59. The van der Waals surface area contributed by atoms with Crippen LogP contribution in [0.2, 0.25) is 0 Å². The molecule has 0 saturated carbocycles. The largest absolute Gasteiger partial charge is 0.481 e. The zero-order valence-electron chi connectivity index (χ0n) is 19.9. The molecule has 0 bridgehead atoms. The summed E-state index contributed by atoms with van der Waals surface area (Å²) in [5.41, 5.74) is 4.82. The highest BCUT2D eigenvalue weighted by atomic mass is 16.5. The fraction of sp³-hybridized carbons (Fsp3) is 0.308. The van der Waals surface area contributed by atoms with E-state index in [2.05, 4.69) is 22.5 Å². The molecule has 0 saturated heterocycles. The quantitative estimate of drug-likeness (QED) is 0.506. The minimum absolute atomic E-state index is 0.0874. The topological polar surface area (TPSA) is 114 Å². The predicted molar refractivity (Wildman–Crippen MR) is 130 cm³/mol. The number of hydrogen-bond acceptors (Lipinski definition) is 5. The summed E-state index contributed by atoms with van der Waals surface area (Å²) in [6, 6.07) is 15.6. The molecule has 1 unspecified atom stereocenters. The molecular formula is C26H28N4O5. The maximum atomic E-state index is 13.2. The van der Waals surface area contributed by atoms with Gasteiger partial charge in [-0.2, -0.15) is 5.10 Å². The fourth-order valence-electron chi connectivity index (χ4n) is 4.68. The summed E-state index contributed by atoms with van der Waals surface area (Å²) in [4.78, 5) is 38.5. The van der Waals surface area contributed by atoms with Gasteiger partial charge >= 0.3 is 12.1 Å². The van der Waals surface area contributed by atoms with E-state index in [0.29, 0.717) is 6.54 Å². The third-order valence-electron chi connectivity index (χ3n) is 6.33. The number of aliphatic carboxylic acids is 1. The Hall–Kier alpha value is -4.14. The number of rotatable bonds is 8. The number of carboxylic acid groups (broad SMARTS) is 1. The number of carbonyl (C=O) groups excluding carboxylic acids is 2. The number of carbonyl (C=O) groups is 3.